The Kier molecular flexibility index (Phi) is 5.72. The van der Waals surface area contributed by atoms with Crippen LogP contribution in [0.5, 0.6) is 0 Å². The van der Waals surface area contributed by atoms with E-state index in [4.69, 9.17) is 10.2 Å². The van der Waals surface area contributed by atoms with Gasteiger partial charge in [0.05, 0.1) is 0 Å². The molecule has 0 saturated heterocycles. The Labute approximate surface area is 85.7 Å². The van der Waals surface area contributed by atoms with Crippen molar-refractivity contribution < 1.29 is 24.6 Å². The largest absolute Gasteiger partial charge is 0.481 e. The summed E-state index contributed by atoms with van der Waals surface area (Å²) in [6.45, 7) is 3.16. The fourth-order valence-corrected chi connectivity index (χ4v) is 0.734. The third-order valence-electron chi connectivity index (χ3n) is 1.50. The van der Waals surface area contributed by atoms with Gasteiger partial charge in [-0.05, 0) is 12.5 Å². The Morgan fingerprint density at radius 2 is 1.93 bits per heavy atom. The second-order valence-corrected chi connectivity index (χ2v) is 2.66. The lowest BCUT2D eigenvalue weighted by Crippen LogP contribution is -2.47. The first-order valence-electron chi connectivity index (χ1n) is 4.10. The first kappa shape index (κ1) is 13.1. The summed E-state index contributed by atoms with van der Waals surface area (Å²) in [4.78, 5) is 31.5. The first-order chi connectivity index (χ1) is 6.97. The normalized spacial score (nSPS) is 11.5. The fraction of sp³-hybridized carbons (Fsp3) is 0.375. The third kappa shape index (κ3) is 6.22. The average molecular weight is 216 g/mol. The van der Waals surface area contributed by atoms with Crippen LogP contribution in [0.1, 0.15) is 12.8 Å². The summed E-state index contributed by atoms with van der Waals surface area (Å²) in [5.74, 6) is -2.92. The van der Waals surface area contributed by atoms with Crippen LogP contribution in [0.4, 0.5) is 0 Å². The Morgan fingerprint density at radius 1 is 1.33 bits per heavy atom. The van der Waals surface area contributed by atoms with Crippen molar-refractivity contribution in [3.8, 4) is 0 Å². The summed E-state index contributed by atoms with van der Waals surface area (Å²) in [5.41, 5.74) is 4.25. The zero-order valence-electron chi connectivity index (χ0n) is 7.90. The smallest absolute Gasteiger partial charge is 0.322 e. The van der Waals surface area contributed by atoms with Gasteiger partial charge >= 0.3 is 11.9 Å². The van der Waals surface area contributed by atoms with Crippen molar-refractivity contribution in [3.05, 3.63) is 12.7 Å². The molecule has 0 unspecified atom stereocenters. The molecule has 0 spiro atoms. The second kappa shape index (κ2) is 6.55. The van der Waals surface area contributed by atoms with Crippen LogP contribution in [0.2, 0.25) is 0 Å². The summed E-state index contributed by atoms with van der Waals surface area (Å²) in [7, 11) is 0. The van der Waals surface area contributed by atoms with Crippen molar-refractivity contribution in [1.29, 1.82) is 0 Å². The van der Waals surface area contributed by atoms with Gasteiger partial charge < -0.3 is 10.2 Å². The highest BCUT2D eigenvalue weighted by Gasteiger charge is 2.18. The highest BCUT2D eigenvalue weighted by Crippen LogP contribution is 1.96. The Hall–Kier alpha value is -1.89. The number of hydrogen-bond acceptors (Lipinski definition) is 4. The number of hydrogen-bond donors (Lipinski definition) is 4. The van der Waals surface area contributed by atoms with Gasteiger partial charge in [-0.2, -0.15) is 0 Å². The zero-order chi connectivity index (χ0) is 11.8. The minimum absolute atomic E-state index is 0.123. The molecule has 0 aromatic carbocycles. The number of carbonyl (C=O) groups excluding carboxylic acids is 1. The molecular weight excluding hydrogens is 204 g/mol. The number of rotatable bonds is 7. The van der Waals surface area contributed by atoms with Crippen molar-refractivity contribution in [2.24, 2.45) is 0 Å². The maximum Gasteiger partial charge on any atom is 0.322 e. The standard InChI is InChI=1S/C8H12N2O5/c1-2-6(11)10-9-5(8(14)15)3-4-7(12)13/h2,5,9H,1,3-4H2,(H,10,11)(H,12,13)(H,14,15)/t5-/m0/s1. The van der Waals surface area contributed by atoms with E-state index in [-0.39, 0.29) is 12.8 Å². The molecule has 0 aromatic rings. The predicted octanol–water partition coefficient (Wildman–Crippen LogP) is -0.889. The van der Waals surface area contributed by atoms with Crippen LogP contribution in [-0.2, 0) is 14.4 Å². The number of carboxylic acids is 2. The van der Waals surface area contributed by atoms with Crippen molar-refractivity contribution in [1.82, 2.24) is 10.9 Å². The lowest BCUT2D eigenvalue weighted by atomic mass is 10.2. The molecule has 0 rings (SSSR count). The maximum atomic E-state index is 10.7. The van der Waals surface area contributed by atoms with Gasteiger partial charge in [-0.3, -0.25) is 19.8 Å². The summed E-state index contributed by atoms with van der Waals surface area (Å²) >= 11 is 0. The predicted molar refractivity (Wildman–Crippen MR) is 49.8 cm³/mol. The van der Waals surface area contributed by atoms with E-state index in [2.05, 4.69) is 17.4 Å². The molecule has 0 bridgehead atoms. The number of nitrogens with one attached hydrogen (secondary N) is 2. The number of aliphatic carboxylic acids is 2. The Bertz CT molecular complexity index is 276. The first-order valence-corrected chi connectivity index (χ1v) is 4.10. The third-order valence-corrected chi connectivity index (χ3v) is 1.50. The molecule has 0 aliphatic rings. The van der Waals surface area contributed by atoms with Gasteiger partial charge in [0.2, 0.25) is 0 Å². The minimum Gasteiger partial charge on any atom is -0.481 e. The average Bonchev–Trinajstić information content (AvgIpc) is 2.16. The van der Waals surface area contributed by atoms with Gasteiger partial charge in [0.15, 0.2) is 0 Å². The number of carboxylic acid groups (broad SMARTS) is 2. The van der Waals surface area contributed by atoms with Crippen LogP contribution >= 0.6 is 0 Å². The summed E-state index contributed by atoms with van der Waals surface area (Å²) < 4.78 is 0. The summed E-state index contributed by atoms with van der Waals surface area (Å²) in [5, 5.41) is 17.0. The molecule has 0 radical (unpaired) electrons. The van der Waals surface area contributed by atoms with E-state index in [1.165, 1.54) is 0 Å². The van der Waals surface area contributed by atoms with E-state index in [9.17, 15) is 14.4 Å². The summed E-state index contributed by atoms with van der Waals surface area (Å²) in [6.07, 6.45) is 0.541. The van der Waals surface area contributed by atoms with Gasteiger partial charge in [0.25, 0.3) is 5.91 Å². The maximum absolute atomic E-state index is 10.7. The molecule has 0 aliphatic carbocycles. The van der Waals surface area contributed by atoms with Crippen LogP contribution in [0.3, 0.4) is 0 Å². The number of hydrazine groups is 1. The van der Waals surface area contributed by atoms with Crippen LogP contribution in [0.25, 0.3) is 0 Å². The molecule has 15 heavy (non-hydrogen) atoms. The Morgan fingerprint density at radius 3 is 2.33 bits per heavy atom. The molecule has 0 saturated carbocycles. The van der Waals surface area contributed by atoms with E-state index in [0.717, 1.165) is 6.08 Å². The van der Waals surface area contributed by atoms with Gasteiger partial charge in [-0.15, -0.1) is 0 Å². The minimum atomic E-state index is -1.24. The lowest BCUT2D eigenvalue weighted by Gasteiger charge is -2.12. The van der Waals surface area contributed by atoms with E-state index >= 15 is 0 Å². The fourth-order valence-electron chi connectivity index (χ4n) is 0.734. The molecule has 0 aromatic heterocycles. The number of carbonyl (C=O) groups is 3. The highest BCUT2D eigenvalue weighted by atomic mass is 16.4. The molecule has 0 heterocycles. The van der Waals surface area contributed by atoms with Crippen molar-refractivity contribution in [3.63, 3.8) is 0 Å². The van der Waals surface area contributed by atoms with Crippen LogP contribution in [0, 0.1) is 0 Å². The van der Waals surface area contributed by atoms with Crippen LogP contribution in [0.15, 0.2) is 12.7 Å². The Balaban J connectivity index is 4.04. The molecule has 1 amide bonds. The van der Waals surface area contributed by atoms with Gasteiger partial charge in [-0.1, -0.05) is 6.58 Å². The molecule has 7 nitrogen and oxygen atoms in total. The van der Waals surface area contributed by atoms with Gasteiger partial charge in [0.1, 0.15) is 6.04 Å². The van der Waals surface area contributed by atoms with E-state index in [1.807, 2.05) is 0 Å². The van der Waals surface area contributed by atoms with Gasteiger partial charge in [-0.25, -0.2) is 5.43 Å². The van der Waals surface area contributed by atoms with Crippen molar-refractivity contribution >= 4 is 17.8 Å². The van der Waals surface area contributed by atoms with Gasteiger partial charge in [0, 0.05) is 6.42 Å². The monoisotopic (exact) mass is 216 g/mol. The summed E-state index contributed by atoms with van der Waals surface area (Å²) in [6, 6.07) is -1.13. The van der Waals surface area contributed by atoms with Crippen molar-refractivity contribution in [2.75, 3.05) is 0 Å². The van der Waals surface area contributed by atoms with Crippen molar-refractivity contribution in [2.45, 2.75) is 18.9 Å². The number of amides is 1. The van der Waals surface area contributed by atoms with Crippen LogP contribution in [-0.4, -0.2) is 34.1 Å². The molecule has 4 N–H and O–H groups in total. The molecule has 0 aliphatic heterocycles. The lowest BCUT2D eigenvalue weighted by molar-refractivity contribution is -0.141. The molecule has 7 heteroatoms. The zero-order valence-corrected chi connectivity index (χ0v) is 7.90. The molecular formula is C8H12N2O5. The van der Waals surface area contributed by atoms with E-state index in [0.29, 0.717) is 0 Å². The molecule has 1 atom stereocenters. The quantitative estimate of drug-likeness (QED) is 0.324. The van der Waals surface area contributed by atoms with E-state index < -0.39 is 23.9 Å². The molecule has 84 valence electrons. The topological polar surface area (TPSA) is 116 Å². The van der Waals surface area contributed by atoms with Crippen LogP contribution < -0.4 is 10.9 Å². The van der Waals surface area contributed by atoms with E-state index in [1.54, 1.807) is 0 Å². The SMILES string of the molecule is C=CC(=O)NN[C@@H](CCC(=O)O)C(=O)O. The highest BCUT2D eigenvalue weighted by molar-refractivity contribution is 5.86. The molecule has 0 fully saturated rings. The second-order valence-electron chi connectivity index (χ2n) is 2.66.